The van der Waals surface area contributed by atoms with Gasteiger partial charge in [0, 0.05) is 11.5 Å². The van der Waals surface area contributed by atoms with E-state index in [1.54, 1.807) is 36.4 Å². The molecule has 2 aromatic carbocycles. The van der Waals surface area contributed by atoms with Crippen molar-refractivity contribution in [3.05, 3.63) is 54.1 Å². The van der Waals surface area contributed by atoms with Crippen LogP contribution in [0.3, 0.4) is 0 Å². The second-order valence-electron chi connectivity index (χ2n) is 4.89. The van der Waals surface area contributed by atoms with E-state index in [0.717, 1.165) is 5.56 Å². The summed E-state index contributed by atoms with van der Waals surface area (Å²) in [4.78, 5) is 0. The molecule has 0 aliphatic carbocycles. The topological polar surface area (TPSA) is 68.2 Å². The Kier molecular flexibility index (Phi) is 5.01. The van der Waals surface area contributed by atoms with Gasteiger partial charge >= 0.3 is 0 Å². The van der Waals surface area contributed by atoms with Crippen molar-refractivity contribution in [2.45, 2.75) is 5.92 Å². The van der Waals surface area contributed by atoms with E-state index in [0.29, 0.717) is 17.1 Å². The minimum Gasteiger partial charge on any atom is -0.508 e. The molecule has 0 aliphatic heterocycles. The van der Waals surface area contributed by atoms with Crippen molar-refractivity contribution in [3.63, 3.8) is 0 Å². The smallest absolute Gasteiger partial charge is 0.207 e. The first-order valence-electron chi connectivity index (χ1n) is 7.00. The summed E-state index contributed by atoms with van der Waals surface area (Å²) in [5, 5.41) is 19.7. The van der Waals surface area contributed by atoms with Gasteiger partial charge in [0.1, 0.15) is 5.75 Å². The Bertz CT molecular complexity index is 692. The Morgan fingerprint density at radius 3 is 1.96 bits per heavy atom. The summed E-state index contributed by atoms with van der Waals surface area (Å²) < 4.78 is 16.0. The van der Waals surface area contributed by atoms with Gasteiger partial charge in [-0.05, 0) is 23.8 Å². The van der Waals surface area contributed by atoms with Gasteiger partial charge in [-0.2, -0.15) is 0 Å². The first-order valence-corrected chi connectivity index (χ1v) is 7.00. The average Bonchev–Trinajstić information content (AvgIpc) is 2.56. The third-order valence-corrected chi connectivity index (χ3v) is 3.63. The number of phenols is 2. The Balaban J connectivity index is 2.66. The highest BCUT2D eigenvalue weighted by Crippen LogP contribution is 2.49. The lowest BCUT2D eigenvalue weighted by Gasteiger charge is -2.21. The van der Waals surface area contributed by atoms with Crippen molar-refractivity contribution in [1.82, 2.24) is 0 Å². The molecule has 1 atom stereocenters. The van der Waals surface area contributed by atoms with Gasteiger partial charge in [-0.3, -0.25) is 0 Å². The molecule has 5 nitrogen and oxygen atoms in total. The van der Waals surface area contributed by atoms with Crippen LogP contribution < -0.4 is 14.2 Å². The summed E-state index contributed by atoms with van der Waals surface area (Å²) in [5.41, 5.74) is 1.58. The molecule has 0 aliphatic rings. The SMILES string of the molecule is C=C[C@@H](c1ccc(O)cc1)c1cc(O)c(OC)c(OC)c1OC. The molecule has 0 fully saturated rings. The monoisotopic (exact) mass is 316 g/mol. The Labute approximate surface area is 135 Å². The molecule has 0 amide bonds. The number of ether oxygens (including phenoxy) is 3. The summed E-state index contributed by atoms with van der Waals surface area (Å²) in [6.07, 6.45) is 1.73. The lowest BCUT2D eigenvalue weighted by Crippen LogP contribution is -2.04. The maximum Gasteiger partial charge on any atom is 0.207 e. The van der Waals surface area contributed by atoms with E-state index in [1.807, 2.05) is 0 Å². The summed E-state index contributed by atoms with van der Waals surface area (Å²) in [6, 6.07) is 8.33. The van der Waals surface area contributed by atoms with E-state index in [1.165, 1.54) is 21.3 Å². The lowest BCUT2D eigenvalue weighted by molar-refractivity contribution is 0.308. The molecular formula is C18H20O5. The molecule has 0 unspecified atom stereocenters. The van der Waals surface area contributed by atoms with Crippen LogP contribution in [0.4, 0.5) is 0 Å². The van der Waals surface area contributed by atoms with Gasteiger partial charge in [-0.25, -0.2) is 0 Å². The van der Waals surface area contributed by atoms with Gasteiger partial charge in [0.15, 0.2) is 11.5 Å². The molecule has 2 aromatic rings. The molecule has 2 N–H and O–H groups in total. The van der Waals surface area contributed by atoms with Crippen molar-refractivity contribution < 1.29 is 24.4 Å². The minimum absolute atomic E-state index is 0.0502. The second kappa shape index (κ2) is 6.96. The largest absolute Gasteiger partial charge is 0.508 e. The predicted octanol–water partition coefficient (Wildman–Crippen LogP) is 3.44. The van der Waals surface area contributed by atoms with Crippen molar-refractivity contribution in [1.29, 1.82) is 0 Å². The van der Waals surface area contributed by atoms with E-state index in [4.69, 9.17) is 14.2 Å². The normalized spacial score (nSPS) is 11.6. The molecule has 0 spiro atoms. The molecule has 5 heteroatoms. The molecule has 0 radical (unpaired) electrons. The summed E-state index contributed by atoms with van der Waals surface area (Å²) in [7, 11) is 4.45. The summed E-state index contributed by atoms with van der Waals surface area (Å²) in [6.45, 7) is 3.87. The number of methoxy groups -OCH3 is 3. The van der Waals surface area contributed by atoms with Gasteiger partial charge in [0.25, 0.3) is 0 Å². The Morgan fingerprint density at radius 1 is 0.913 bits per heavy atom. The average molecular weight is 316 g/mol. The van der Waals surface area contributed by atoms with E-state index in [9.17, 15) is 10.2 Å². The standard InChI is InChI=1S/C18H20O5/c1-5-13(11-6-8-12(19)9-7-11)14-10-15(20)17(22-3)18(23-4)16(14)21-2/h5-10,13,19-20H,1H2,2-4H3/t13-/m0/s1. The first kappa shape index (κ1) is 16.5. The molecule has 0 bridgehead atoms. The van der Waals surface area contributed by atoms with Crippen LogP contribution in [-0.2, 0) is 0 Å². The molecule has 0 saturated heterocycles. The maximum absolute atomic E-state index is 10.2. The number of rotatable bonds is 6. The summed E-state index contributed by atoms with van der Waals surface area (Å²) >= 11 is 0. The number of benzene rings is 2. The predicted molar refractivity (Wildman–Crippen MR) is 87.9 cm³/mol. The molecule has 2 rings (SSSR count). The highest BCUT2D eigenvalue weighted by Gasteiger charge is 2.25. The quantitative estimate of drug-likeness (QED) is 0.799. The van der Waals surface area contributed by atoms with Gasteiger partial charge in [0.2, 0.25) is 11.5 Å². The van der Waals surface area contributed by atoms with E-state index in [-0.39, 0.29) is 23.2 Å². The molecule has 0 aromatic heterocycles. The highest BCUT2D eigenvalue weighted by atomic mass is 16.5. The number of aromatic hydroxyl groups is 2. The van der Waals surface area contributed by atoms with Crippen LogP contribution in [-0.4, -0.2) is 31.5 Å². The Morgan fingerprint density at radius 2 is 1.48 bits per heavy atom. The number of hydrogen-bond donors (Lipinski definition) is 2. The maximum atomic E-state index is 10.2. The minimum atomic E-state index is -0.253. The van der Waals surface area contributed by atoms with E-state index in [2.05, 4.69) is 6.58 Å². The van der Waals surface area contributed by atoms with Gasteiger partial charge < -0.3 is 24.4 Å². The van der Waals surface area contributed by atoms with Crippen LogP contribution >= 0.6 is 0 Å². The van der Waals surface area contributed by atoms with Crippen molar-refractivity contribution >= 4 is 0 Å². The van der Waals surface area contributed by atoms with Crippen LogP contribution in [0.1, 0.15) is 17.0 Å². The summed E-state index contributed by atoms with van der Waals surface area (Å²) in [5.74, 6) is 0.859. The third-order valence-electron chi connectivity index (χ3n) is 3.63. The lowest BCUT2D eigenvalue weighted by atomic mass is 9.90. The molecular weight excluding hydrogens is 296 g/mol. The molecule has 0 saturated carbocycles. The zero-order chi connectivity index (χ0) is 17.0. The van der Waals surface area contributed by atoms with Crippen LogP contribution in [0, 0.1) is 0 Å². The fourth-order valence-electron chi connectivity index (χ4n) is 2.58. The van der Waals surface area contributed by atoms with Crippen molar-refractivity contribution in [3.8, 4) is 28.7 Å². The Hall–Kier alpha value is -2.82. The van der Waals surface area contributed by atoms with Crippen LogP contribution in [0.5, 0.6) is 28.7 Å². The third kappa shape index (κ3) is 3.04. The van der Waals surface area contributed by atoms with E-state index >= 15 is 0 Å². The van der Waals surface area contributed by atoms with Gasteiger partial charge in [-0.1, -0.05) is 18.2 Å². The zero-order valence-corrected chi connectivity index (χ0v) is 13.4. The van der Waals surface area contributed by atoms with Crippen molar-refractivity contribution in [2.75, 3.05) is 21.3 Å². The van der Waals surface area contributed by atoms with E-state index < -0.39 is 0 Å². The van der Waals surface area contributed by atoms with Crippen LogP contribution in [0.15, 0.2) is 43.0 Å². The zero-order valence-electron chi connectivity index (χ0n) is 13.4. The van der Waals surface area contributed by atoms with Crippen LogP contribution in [0.25, 0.3) is 0 Å². The highest BCUT2D eigenvalue weighted by molar-refractivity contribution is 5.64. The number of phenolic OH excluding ortho intramolecular Hbond substituents is 2. The first-order chi connectivity index (χ1) is 11.1. The molecule has 122 valence electrons. The van der Waals surface area contributed by atoms with Crippen molar-refractivity contribution in [2.24, 2.45) is 0 Å². The molecule has 0 heterocycles. The fourth-order valence-corrected chi connectivity index (χ4v) is 2.58. The number of hydrogen-bond acceptors (Lipinski definition) is 5. The number of allylic oxidation sites excluding steroid dienone is 1. The van der Waals surface area contributed by atoms with Gasteiger partial charge in [0.05, 0.1) is 21.3 Å². The van der Waals surface area contributed by atoms with Gasteiger partial charge in [-0.15, -0.1) is 6.58 Å². The second-order valence-corrected chi connectivity index (χ2v) is 4.89. The fraction of sp³-hybridized carbons (Fsp3) is 0.222. The molecule has 23 heavy (non-hydrogen) atoms. The van der Waals surface area contributed by atoms with Crippen LogP contribution in [0.2, 0.25) is 0 Å².